The van der Waals surface area contributed by atoms with Gasteiger partial charge >= 0.3 is 0 Å². The summed E-state index contributed by atoms with van der Waals surface area (Å²) in [7, 11) is 0. The molecule has 2 aromatic rings. The minimum absolute atomic E-state index is 0. The number of aromatic nitrogens is 1. The van der Waals surface area contributed by atoms with Crippen LogP contribution in [0.25, 0.3) is 11.5 Å². The van der Waals surface area contributed by atoms with Gasteiger partial charge in [0.2, 0.25) is 0 Å². The van der Waals surface area contributed by atoms with Crippen molar-refractivity contribution < 1.29 is 9.21 Å². The summed E-state index contributed by atoms with van der Waals surface area (Å²) in [5, 5.41) is 2.84. The molecule has 0 spiro atoms. The molecule has 2 rings (SSSR count). The molecule has 2 heterocycles. The molecule has 0 fully saturated rings. The molecule has 3 N–H and O–H groups in total. The van der Waals surface area contributed by atoms with Gasteiger partial charge < -0.3 is 15.5 Å². The minimum atomic E-state index is -0.123. The van der Waals surface area contributed by atoms with Crippen molar-refractivity contribution in [3.05, 3.63) is 41.8 Å². The Kier molecular flexibility index (Phi) is 8.79. The number of furan rings is 1. The van der Waals surface area contributed by atoms with Crippen LogP contribution in [0, 0.1) is 6.92 Å². The number of halogens is 2. The minimum Gasteiger partial charge on any atom is -0.463 e. The summed E-state index contributed by atoms with van der Waals surface area (Å²) in [5.74, 6) is 0.568. The van der Waals surface area contributed by atoms with E-state index < -0.39 is 0 Å². The zero-order valence-corrected chi connectivity index (χ0v) is 14.2. The molecule has 0 saturated heterocycles. The lowest BCUT2D eigenvalue weighted by atomic mass is 10.1. The lowest BCUT2D eigenvalue weighted by Crippen LogP contribution is -2.29. The van der Waals surface area contributed by atoms with Crippen LogP contribution in [0.2, 0.25) is 0 Å². The van der Waals surface area contributed by atoms with Crippen molar-refractivity contribution in [2.45, 2.75) is 26.3 Å². The Bertz CT molecular complexity index is 586. The van der Waals surface area contributed by atoms with Gasteiger partial charge in [-0.25, -0.2) is 4.98 Å². The van der Waals surface area contributed by atoms with Crippen LogP contribution in [0.1, 0.15) is 29.4 Å². The predicted octanol–water partition coefficient (Wildman–Crippen LogP) is 2.96. The molecule has 0 aliphatic heterocycles. The zero-order valence-electron chi connectivity index (χ0n) is 12.5. The van der Waals surface area contributed by atoms with Crippen LogP contribution < -0.4 is 11.1 Å². The van der Waals surface area contributed by atoms with Crippen LogP contribution in [0.3, 0.4) is 0 Å². The van der Waals surface area contributed by atoms with E-state index in [1.165, 1.54) is 0 Å². The van der Waals surface area contributed by atoms with Gasteiger partial charge in [-0.2, -0.15) is 0 Å². The topological polar surface area (TPSA) is 81.2 Å². The summed E-state index contributed by atoms with van der Waals surface area (Å²) < 4.78 is 5.29. The molecule has 1 amide bonds. The largest absolute Gasteiger partial charge is 0.463 e. The van der Waals surface area contributed by atoms with Crippen LogP contribution in [-0.2, 0) is 0 Å². The first-order valence-electron chi connectivity index (χ1n) is 6.63. The first kappa shape index (κ1) is 20.4. The number of hydrogen-bond acceptors (Lipinski definition) is 4. The summed E-state index contributed by atoms with van der Waals surface area (Å²) in [6, 6.07) is 7.27. The van der Waals surface area contributed by atoms with E-state index in [4.69, 9.17) is 10.2 Å². The number of rotatable bonds is 5. The Balaban J connectivity index is 0.00000220. The Morgan fingerprint density at radius 2 is 2.09 bits per heavy atom. The molecule has 0 radical (unpaired) electrons. The Hall–Kier alpha value is -1.56. The molecule has 5 nitrogen and oxygen atoms in total. The molecule has 1 atom stereocenters. The van der Waals surface area contributed by atoms with Gasteiger partial charge in [-0.1, -0.05) is 0 Å². The second kappa shape index (κ2) is 9.46. The van der Waals surface area contributed by atoms with E-state index >= 15 is 0 Å². The van der Waals surface area contributed by atoms with E-state index in [1.807, 2.05) is 19.9 Å². The number of carbonyl (C=O) groups is 1. The van der Waals surface area contributed by atoms with Crippen molar-refractivity contribution in [2.75, 3.05) is 6.54 Å². The Labute approximate surface area is 142 Å². The first-order valence-corrected chi connectivity index (χ1v) is 6.63. The number of aryl methyl sites for hydroxylation is 1. The quantitative estimate of drug-likeness (QED) is 0.872. The monoisotopic (exact) mass is 345 g/mol. The molecule has 0 bridgehead atoms. The van der Waals surface area contributed by atoms with E-state index in [0.29, 0.717) is 23.6 Å². The highest BCUT2D eigenvalue weighted by molar-refractivity contribution is 5.95. The van der Waals surface area contributed by atoms with Crippen molar-refractivity contribution in [3.8, 4) is 11.5 Å². The van der Waals surface area contributed by atoms with Crippen molar-refractivity contribution in [1.29, 1.82) is 0 Å². The number of hydrogen-bond donors (Lipinski definition) is 2. The van der Waals surface area contributed by atoms with Gasteiger partial charge in [0.1, 0.15) is 5.69 Å². The molecule has 0 aliphatic carbocycles. The maximum atomic E-state index is 12.0. The fourth-order valence-electron chi connectivity index (χ4n) is 1.87. The van der Waals surface area contributed by atoms with Crippen molar-refractivity contribution in [1.82, 2.24) is 10.3 Å². The average Bonchev–Trinajstić information content (AvgIpc) is 2.91. The van der Waals surface area contributed by atoms with Crippen molar-refractivity contribution >= 4 is 30.7 Å². The molecule has 0 aliphatic rings. The average molecular weight is 346 g/mol. The SMILES string of the molecule is Cc1nc(-c2ccco2)ccc1C(=O)NCCC(C)N.Cl.Cl. The van der Waals surface area contributed by atoms with Gasteiger partial charge in [0.15, 0.2) is 5.76 Å². The van der Waals surface area contributed by atoms with E-state index in [0.717, 1.165) is 12.1 Å². The van der Waals surface area contributed by atoms with Crippen LogP contribution in [0.5, 0.6) is 0 Å². The molecule has 0 aromatic carbocycles. The molecule has 2 aromatic heterocycles. The third-order valence-electron chi connectivity index (χ3n) is 2.99. The first-order chi connectivity index (χ1) is 9.58. The molecule has 1 unspecified atom stereocenters. The van der Waals surface area contributed by atoms with Crippen molar-refractivity contribution in [2.24, 2.45) is 5.73 Å². The summed E-state index contributed by atoms with van der Waals surface area (Å²) in [6.07, 6.45) is 2.35. The standard InChI is InChI=1S/C15H19N3O2.2ClH/c1-10(16)7-8-17-15(19)12-5-6-13(18-11(12)2)14-4-3-9-20-14;;/h3-6,9-10H,7-8,16H2,1-2H3,(H,17,19);2*1H. The van der Waals surface area contributed by atoms with E-state index in [9.17, 15) is 4.79 Å². The number of nitrogens with one attached hydrogen (secondary N) is 1. The number of carbonyl (C=O) groups excluding carboxylic acids is 1. The number of pyridine rings is 1. The fourth-order valence-corrected chi connectivity index (χ4v) is 1.87. The van der Waals surface area contributed by atoms with Gasteiger partial charge in [-0.05, 0) is 44.5 Å². The van der Waals surface area contributed by atoms with Gasteiger partial charge in [0.25, 0.3) is 5.91 Å². The summed E-state index contributed by atoms with van der Waals surface area (Å²) in [4.78, 5) is 16.4. The highest BCUT2D eigenvalue weighted by Gasteiger charge is 2.12. The van der Waals surface area contributed by atoms with Gasteiger partial charge in [0, 0.05) is 12.6 Å². The summed E-state index contributed by atoms with van der Waals surface area (Å²) >= 11 is 0. The third kappa shape index (κ3) is 5.33. The van der Waals surface area contributed by atoms with E-state index in [1.54, 1.807) is 24.5 Å². The summed E-state index contributed by atoms with van der Waals surface area (Å²) in [6.45, 7) is 4.29. The lowest BCUT2D eigenvalue weighted by Gasteiger charge is -2.09. The third-order valence-corrected chi connectivity index (χ3v) is 2.99. The normalized spacial score (nSPS) is 11.0. The summed E-state index contributed by atoms with van der Waals surface area (Å²) in [5.41, 5.74) is 7.62. The maximum Gasteiger partial charge on any atom is 0.253 e. The van der Waals surface area contributed by atoms with E-state index in [2.05, 4.69) is 10.3 Å². The smallest absolute Gasteiger partial charge is 0.253 e. The van der Waals surface area contributed by atoms with Crippen molar-refractivity contribution in [3.63, 3.8) is 0 Å². The zero-order chi connectivity index (χ0) is 14.5. The molecular formula is C15H21Cl2N3O2. The molecule has 0 saturated carbocycles. The lowest BCUT2D eigenvalue weighted by molar-refractivity contribution is 0.0952. The van der Waals surface area contributed by atoms with Crippen LogP contribution in [0.4, 0.5) is 0 Å². The molecular weight excluding hydrogens is 325 g/mol. The molecule has 22 heavy (non-hydrogen) atoms. The number of nitrogens with two attached hydrogens (primary N) is 1. The highest BCUT2D eigenvalue weighted by atomic mass is 35.5. The highest BCUT2D eigenvalue weighted by Crippen LogP contribution is 2.19. The Morgan fingerprint density at radius 3 is 2.64 bits per heavy atom. The van der Waals surface area contributed by atoms with E-state index in [-0.39, 0.29) is 36.8 Å². The number of amides is 1. The second-order valence-electron chi connectivity index (χ2n) is 4.83. The van der Waals surface area contributed by atoms with Crippen LogP contribution in [0.15, 0.2) is 34.9 Å². The van der Waals surface area contributed by atoms with Gasteiger partial charge in [-0.3, -0.25) is 4.79 Å². The molecule has 122 valence electrons. The fraction of sp³-hybridized carbons (Fsp3) is 0.333. The second-order valence-corrected chi connectivity index (χ2v) is 4.83. The Morgan fingerprint density at radius 1 is 1.36 bits per heavy atom. The predicted molar refractivity (Wildman–Crippen MR) is 91.8 cm³/mol. The van der Waals surface area contributed by atoms with Crippen LogP contribution in [-0.4, -0.2) is 23.5 Å². The van der Waals surface area contributed by atoms with Crippen LogP contribution >= 0.6 is 24.8 Å². The molecule has 7 heteroatoms. The number of nitrogens with zero attached hydrogens (tertiary/aromatic N) is 1. The maximum absolute atomic E-state index is 12.0. The van der Waals surface area contributed by atoms with Gasteiger partial charge in [0.05, 0.1) is 17.5 Å². The van der Waals surface area contributed by atoms with Gasteiger partial charge in [-0.15, -0.1) is 24.8 Å².